The van der Waals surface area contributed by atoms with Crippen LogP contribution in [0.3, 0.4) is 0 Å². The van der Waals surface area contributed by atoms with Crippen molar-refractivity contribution >= 4 is 15.9 Å². The van der Waals surface area contributed by atoms with Crippen LogP contribution in [0.1, 0.15) is 25.3 Å². The smallest absolute Gasteiger partial charge is 0.0359 e. The summed E-state index contributed by atoms with van der Waals surface area (Å²) in [4.78, 5) is 4.89. The quantitative estimate of drug-likeness (QED) is 0.915. The molecule has 2 N–H and O–H groups in total. The van der Waals surface area contributed by atoms with Crippen molar-refractivity contribution in [2.45, 2.75) is 37.9 Å². The van der Waals surface area contributed by atoms with Crippen LogP contribution in [0.2, 0.25) is 0 Å². The van der Waals surface area contributed by atoms with E-state index in [0.29, 0.717) is 6.04 Å². The summed E-state index contributed by atoms with van der Waals surface area (Å²) in [5.74, 6) is 0. The highest BCUT2D eigenvalue weighted by Crippen LogP contribution is 2.31. The van der Waals surface area contributed by atoms with Crippen LogP contribution in [0.15, 0.2) is 28.7 Å². The van der Waals surface area contributed by atoms with E-state index in [1.54, 1.807) is 0 Å². The molecule has 1 aromatic carbocycles. The minimum absolute atomic E-state index is 0.133. The van der Waals surface area contributed by atoms with Crippen molar-refractivity contribution in [1.29, 1.82) is 0 Å². The molecule has 0 radical (unpaired) electrons. The minimum atomic E-state index is 0.133. The van der Waals surface area contributed by atoms with E-state index in [0.717, 1.165) is 36.9 Å². The number of nitrogens with zero attached hydrogens (tertiary/aromatic N) is 2. The SMILES string of the molecule is CC1CC(CN)(N(C)Cc2cccc(Br)c2)CCN1C. The molecule has 0 bridgehead atoms. The normalized spacial score (nSPS) is 28.0. The van der Waals surface area contributed by atoms with E-state index in [2.05, 4.69) is 71.0 Å². The van der Waals surface area contributed by atoms with Gasteiger partial charge in [0.2, 0.25) is 0 Å². The first-order chi connectivity index (χ1) is 9.47. The second-order valence-electron chi connectivity index (χ2n) is 6.20. The van der Waals surface area contributed by atoms with Crippen molar-refractivity contribution < 1.29 is 0 Å². The molecule has 1 saturated heterocycles. The van der Waals surface area contributed by atoms with Gasteiger partial charge in [0.05, 0.1) is 0 Å². The number of likely N-dealkylation sites (tertiary alicyclic amines) is 1. The van der Waals surface area contributed by atoms with Crippen LogP contribution in [-0.4, -0.2) is 48.6 Å². The van der Waals surface area contributed by atoms with Gasteiger partial charge in [-0.05, 0) is 58.1 Å². The van der Waals surface area contributed by atoms with Gasteiger partial charge in [-0.3, -0.25) is 4.90 Å². The summed E-state index contributed by atoms with van der Waals surface area (Å²) in [6, 6.07) is 9.14. The molecule has 0 amide bonds. The minimum Gasteiger partial charge on any atom is -0.329 e. The number of benzene rings is 1. The Kier molecular flexibility index (Phi) is 5.24. The number of likely N-dealkylation sites (N-methyl/N-ethyl adjacent to an activating group) is 1. The predicted molar refractivity (Wildman–Crippen MR) is 88.7 cm³/mol. The van der Waals surface area contributed by atoms with Crippen LogP contribution in [0.4, 0.5) is 0 Å². The van der Waals surface area contributed by atoms with Crippen LogP contribution in [-0.2, 0) is 6.54 Å². The van der Waals surface area contributed by atoms with Crippen molar-refractivity contribution in [2.24, 2.45) is 5.73 Å². The van der Waals surface area contributed by atoms with Gasteiger partial charge < -0.3 is 10.6 Å². The molecule has 112 valence electrons. The van der Waals surface area contributed by atoms with E-state index in [4.69, 9.17) is 5.73 Å². The molecular formula is C16H26BrN3. The van der Waals surface area contributed by atoms with Gasteiger partial charge in [0.25, 0.3) is 0 Å². The highest BCUT2D eigenvalue weighted by Gasteiger charge is 2.39. The average molecular weight is 340 g/mol. The molecule has 2 rings (SSSR count). The van der Waals surface area contributed by atoms with Gasteiger partial charge in [-0.25, -0.2) is 0 Å². The lowest BCUT2D eigenvalue weighted by molar-refractivity contribution is 0.0222. The first kappa shape index (κ1) is 16.0. The lowest BCUT2D eigenvalue weighted by atomic mass is 9.82. The number of nitrogens with two attached hydrogens (primary N) is 1. The Morgan fingerprint density at radius 2 is 2.25 bits per heavy atom. The van der Waals surface area contributed by atoms with Crippen molar-refractivity contribution in [3.05, 3.63) is 34.3 Å². The summed E-state index contributed by atoms with van der Waals surface area (Å²) in [5, 5.41) is 0. The molecule has 1 heterocycles. The third-order valence-electron chi connectivity index (χ3n) is 4.86. The molecule has 0 aromatic heterocycles. The Morgan fingerprint density at radius 3 is 2.85 bits per heavy atom. The average Bonchev–Trinajstić information content (AvgIpc) is 2.42. The van der Waals surface area contributed by atoms with E-state index in [9.17, 15) is 0 Å². The number of hydrogen-bond acceptors (Lipinski definition) is 3. The second kappa shape index (κ2) is 6.56. The molecular weight excluding hydrogens is 314 g/mol. The van der Waals surface area contributed by atoms with Gasteiger partial charge >= 0.3 is 0 Å². The Balaban J connectivity index is 2.11. The molecule has 2 unspecified atom stereocenters. The molecule has 0 saturated carbocycles. The number of piperidine rings is 1. The third-order valence-corrected chi connectivity index (χ3v) is 5.35. The molecule has 0 aliphatic carbocycles. The third kappa shape index (κ3) is 3.42. The van der Waals surface area contributed by atoms with Crippen molar-refractivity contribution in [2.75, 3.05) is 27.2 Å². The Labute approximate surface area is 131 Å². The molecule has 1 aromatic rings. The lowest BCUT2D eigenvalue weighted by Gasteiger charge is -2.49. The molecule has 2 atom stereocenters. The lowest BCUT2D eigenvalue weighted by Crippen LogP contribution is -2.59. The second-order valence-corrected chi connectivity index (χ2v) is 7.11. The maximum absolute atomic E-state index is 6.16. The number of rotatable bonds is 4. The zero-order valence-electron chi connectivity index (χ0n) is 12.8. The number of hydrogen-bond donors (Lipinski definition) is 1. The monoisotopic (exact) mass is 339 g/mol. The standard InChI is InChI=1S/C16H26BrN3/c1-13-10-16(12-18,7-8-19(13)2)20(3)11-14-5-4-6-15(17)9-14/h4-6,9,13H,7-8,10-12,18H2,1-3H3. The number of halogens is 1. The highest BCUT2D eigenvalue weighted by molar-refractivity contribution is 9.10. The summed E-state index contributed by atoms with van der Waals surface area (Å²) in [7, 11) is 4.42. The Hall–Kier alpha value is -0.420. The van der Waals surface area contributed by atoms with E-state index >= 15 is 0 Å². The van der Waals surface area contributed by atoms with Gasteiger partial charge in [0.1, 0.15) is 0 Å². The fraction of sp³-hybridized carbons (Fsp3) is 0.625. The van der Waals surface area contributed by atoms with Gasteiger partial charge in [-0.1, -0.05) is 28.1 Å². The fourth-order valence-corrected chi connectivity index (χ4v) is 3.62. The summed E-state index contributed by atoms with van der Waals surface area (Å²) < 4.78 is 1.14. The van der Waals surface area contributed by atoms with E-state index in [1.807, 2.05) is 0 Å². The van der Waals surface area contributed by atoms with Gasteiger partial charge in [0, 0.05) is 29.1 Å². The summed E-state index contributed by atoms with van der Waals surface area (Å²) in [6.45, 7) is 5.11. The zero-order valence-corrected chi connectivity index (χ0v) is 14.4. The van der Waals surface area contributed by atoms with Crippen LogP contribution in [0.25, 0.3) is 0 Å². The molecule has 1 aliphatic rings. The fourth-order valence-electron chi connectivity index (χ4n) is 3.18. The van der Waals surface area contributed by atoms with Gasteiger partial charge in [0.15, 0.2) is 0 Å². The largest absolute Gasteiger partial charge is 0.329 e. The Morgan fingerprint density at radius 1 is 1.50 bits per heavy atom. The Bertz CT molecular complexity index is 451. The zero-order chi connectivity index (χ0) is 14.8. The summed E-state index contributed by atoms with van der Waals surface area (Å²) in [6.07, 6.45) is 2.29. The maximum Gasteiger partial charge on any atom is 0.0359 e. The molecule has 0 spiro atoms. The molecule has 1 fully saturated rings. The summed E-state index contributed by atoms with van der Waals surface area (Å²) in [5.41, 5.74) is 7.63. The maximum atomic E-state index is 6.16. The first-order valence-electron chi connectivity index (χ1n) is 7.33. The highest BCUT2D eigenvalue weighted by atomic mass is 79.9. The van der Waals surface area contributed by atoms with Gasteiger partial charge in [-0.15, -0.1) is 0 Å². The first-order valence-corrected chi connectivity index (χ1v) is 8.12. The van der Waals surface area contributed by atoms with Gasteiger partial charge in [-0.2, -0.15) is 0 Å². The van der Waals surface area contributed by atoms with Crippen molar-refractivity contribution in [3.8, 4) is 0 Å². The molecule has 20 heavy (non-hydrogen) atoms. The van der Waals surface area contributed by atoms with Crippen molar-refractivity contribution in [1.82, 2.24) is 9.80 Å². The van der Waals surface area contributed by atoms with Crippen LogP contribution in [0.5, 0.6) is 0 Å². The predicted octanol–water partition coefficient (Wildman–Crippen LogP) is 2.69. The van der Waals surface area contributed by atoms with Crippen LogP contribution < -0.4 is 5.73 Å². The molecule has 4 heteroatoms. The van der Waals surface area contributed by atoms with Crippen LogP contribution in [0, 0.1) is 0 Å². The van der Waals surface area contributed by atoms with Crippen molar-refractivity contribution in [3.63, 3.8) is 0 Å². The van der Waals surface area contributed by atoms with E-state index < -0.39 is 0 Å². The molecule has 1 aliphatic heterocycles. The summed E-state index contributed by atoms with van der Waals surface area (Å²) >= 11 is 3.55. The topological polar surface area (TPSA) is 32.5 Å². The van der Waals surface area contributed by atoms with E-state index in [1.165, 1.54) is 5.56 Å². The van der Waals surface area contributed by atoms with E-state index in [-0.39, 0.29) is 5.54 Å². The molecule has 3 nitrogen and oxygen atoms in total. The van der Waals surface area contributed by atoms with Crippen LogP contribution >= 0.6 is 15.9 Å².